The van der Waals surface area contributed by atoms with Crippen LogP contribution in [0.2, 0.25) is 0 Å². The van der Waals surface area contributed by atoms with Gasteiger partial charge in [0.15, 0.2) is 0 Å². The molecule has 2 rings (SSSR count). The minimum absolute atomic E-state index is 0.0354. The summed E-state index contributed by atoms with van der Waals surface area (Å²) >= 11 is 6.09. The minimum Gasteiger partial charge on any atom is -0.349 e. The molecule has 2 nitrogen and oxygen atoms in total. The molecule has 0 aliphatic heterocycles. The van der Waals surface area contributed by atoms with Gasteiger partial charge in [0.2, 0.25) is 5.91 Å². The molecule has 20 heavy (non-hydrogen) atoms. The number of carbonyl (C=O) groups is 1. The van der Waals surface area contributed by atoms with Gasteiger partial charge in [0, 0.05) is 5.88 Å². The Balaban J connectivity index is 1.94. The molecule has 1 aliphatic carbocycles. The number of rotatable bonds is 4. The standard InChI is InChI=1S/C16H21ClFNO/c1-12-6-8-16(11-17,9-7-12)19-15(20)10-13-2-4-14(18)5-3-13/h2-5,12H,6-11H2,1H3,(H,19,20). The lowest BCUT2D eigenvalue weighted by molar-refractivity contribution is -0.122. The zero-order valence-electron chi connectivity index (χ0n) is 11.8. The van der Waals surface area contributed by atoms with Crippen molar-refractivity contribution < 1.29 is 9.18 Å². The van der Waals surface area contributed by atoms with Crippen molar-refractivity contribution in [2.24, 2.45) is 5.92 Å². The summed E-state index contributed by atoms with van der Waals surface area (Å²) in [6, 6.07) is 6.04. The molecule has 0 atom stereocenters. The summed E-state index contributed by atoms with van der Waals surface area (Å²) in [5.41, 5.74) is 0.559. The summed E-state index contributed by atoms with van der Waals surface area (Å²) in [5.74, 6) is 0.842. The van der Waals surface area contributed by atoms with Crippen molar-refractivity contribution in [2.75, 3.05) is 5.88 Å². The molecule has 0 radical (unpaired) electrons. The van der Waals surface area contributed by atoms with Crippen molar-refractivity contribution in [1.82, 2.24) is 5.32 Å². The SMILES string of the molecule is CC1CCC(CCl)(NC(=O)Cc2ccc(F)cc2)CC1. The van der Waals surface area contributed by atoms with Gasteiger partial charge in [-0.05, 0) is 49.3 Å². The fraction of sp³-hybridized carbons (Fsp3) is 0.562. The fourth-order valence-corrected chi connectivity index (χ4v) is 3.07. The maximum Gasteiger partial charge on any atom is 0.224 e. The highest BCUT2D eigenvalue weighted by Gasteiger charge is 2.34. The third kappa shape index (κ3) is 3.95. The first kappa shape index (κ1) is 15.3. The number of nitrogens with one attached hydrogen (secondary N) is 1. The van der Waals surface area contributed by atoms with Crippen LogP contribution in [0.1, 0.15) is 38.2 Å². The number of hydrogen-bond acceptors (Lipinski definition) is 1. The van der Waals surface area contributed by atoms with Crippen LogP contribution in [-0.2, 0) is 11.2 Å². The molecular weight excluding hydrogens is 277 g/mol. The normalized spacial score (nSPS) is 26.2. The summed E-state index contributed by atoms with van der Waals surface area (Å²) < 4.78 is 12.8. The number of alkyl halides is 1. The van der Waals surface area contributed by atoms with Gasteiger partial charge in [-0.3, -0.25) is 4.79 Å². The van der Waals surface area contributed by atoms with Gasteiger partial charge < -0.3 is 5.32 Å². The van der Waals surface area contributed by atoms with E-state index in [2.05, 4.69) is 12.2 Å². The summed E-state index contributed by atoms with van der Waals surface area (Å²) in [7, 11) is 0. The van der Waals surface area contributed by atoms with Crippen LogP contribution in [0.25, 0.3) is 0 Å². The van der Waals surface area contributed by atoms with E-state index >= 15 is 0 Å². The van der Waals surface area contributed by atoms with Crippen LogP contribution >= 0.6 is 11.6 Å². The van der Waals surface area contributed by atoms with Gasteiger partial charge >= 0.3 is 0 Å². The average Bonchev–Trinajstić information content (AvgIpc) is 2.44. The number of benzene rings is 1. The van der Waals surface area contributed by atoms with Crippen LogP contribution < -0.4 is 5.32 Å². The Kier molecular flexibility index (Phi) is 5.03. The van der Waals surface area contributed by atoms with Crippen LogP contribution in [0.4, 0.5) is 4.39 Å². The second kappa shape index (κ2) is 6.57. The topological polar surface area (TPSA) is 29.1 Å². The Morgan fingerprint density at radius 2 is 1.95 bits per heavy atom. The molecule has 0 unspecified atom stereocenters. The van der Waals surface area contributed by atoms with E-state index in [9.17, 15) is 9.18 Å². The van der Waals surface area contributed by atoms with E-state index in [1.54, 1.807) is 12.1 Å². The average molecular weight is 298 g/mol. The predicted molar refractivity (Wildman–Crippen MR) is 79.3 cm³/mol. The monoisotopic (exact) mass is 297 g/mol. The molecule has 1 fully saturated rings. The van der Waals surface area contributed by atoms with E-state index in [4.69, 9.17) is 11.6 Å². The quantitative estimate of drug-likeness (QED) is 0.844. The third-order valence-electron chi connectivity index (χ3n) is 4.17. The zero-order chi connectivity index (χ0) is 14.6. The molecule has 0 spiro atoms. The molecule has 0 saturated heterocycles. The molecule has 0 bridgehead atoms. The van der Waals surface area contributed by atoms with Crippen molar-refractivity contribution >= 4 is 17.5 Å². The lowest BCUT2D eigenvalue weighted by Gasteiger charge is -2.38. The lowest BCUT2D eigenvalue weighted by atomic mass is 9.78. The Morgan fingerprint density at radius 3 is 2.50 bits per heavy atom. The van der Waals surface area contributed by atoms with Crippen molar-refractivity contribution in [1.29, 1.82) is 0 Å². The maximum atomic E-state index is 12.8. The molecule has 1 aromatic carbocycles. The highest BCUT2D eigenvalue weighted by Crippen LogP contribution is 2.32. The Bertz CT molecular complexity index is 452. The Labute approximate surface area is 124 Å². The number of carbonyl (C=O) groups excluding carboxylic acids is 1. The van der Waals surface area contributed by atoms with Crippen LogP contribution in [0.3, 0.4) is 0 Å². The molecular formula is C16H21ClFNO. The number of amides is 1. The van der Waals surface area contributed by atoms with E-state index in [0.717, 1.165) is 31.2 Å². The van der Waals surface area contributed by atoms with Gasteiger partial charge in [-0.1, -0.05) is 19.1 Å². The summed E-state index contributed by atoms with van der Waals surface area (Å²) in [6.07, 6.45) is 4.35. The first-order valence-electron chi connectivity index (χ1n) is 7.14. The van der Waals surface area contributed by atoms with Gasteiger partial charge in [0.05, 0.1) is 12.0 Å². The lowest BCUT2D eigenvalue weighted by Crippen LogP contribution is -2.52. The third-order valence-corrected chi connectivity index (χ3v) is 4.68. The van der Waals surface area contributed by atoms with E-state index in [1.165, 1.54) is 12.1 Å². The molecule has 4 heteroatoms. The van der Waals surface area contributed by atoms with Gasteiger partial charge in [-0.25, -0.2) is 4.39 Å². The van der Waals surface area contributed by atoms with Crippen molar-refractivity contribution in [3.63, 3.8) is 0 Å². The van der Waals surface area contributed by atoms with Gasteiger partial charge in [0.1, 0.15) is 5.82 Å². The number of hydrogen-bond donors (Lipinski definition) is 1. The number of halogens is 2. The predicted octanol–water partition coefficient (Wildman–Crippen LogP) is 3.67. The zero-order valence-corrected chi connectivity index (χ0v) is 12.5. The first-order chi connectivity index (χ1) is 9.53. The summed E-state index contributed by atoms with van der Waals surface area (Å²) in [6.45, 7) is 2.23. The van der Waals surface area contributed by atoms with Crippen molar-refractivity contribution in [3.05, 3.63) is 35.6 Å². The highest BCUT2D eigenvalue weighted by atomic mass is 35.5. The van der Waals surface area contributed by atoms with Crippen molar-refractivity contribution in [3.8, 4) is 0 Å². The molecule has 1 aromatic rings. The summed E-state index contributed by atoms with van der Waals surface area (Å²) in [4.78, 5) is 12.1. The molecule has 0 aromatic heterocycles. The van der Waals surface area contributed by atoms with E-state index in [-0.39, 0.29) is 23.7 Å². The Hall–Kier alpha value is -1.09. The van der Waals surface area contributed by atoms with Gasteiger partial charge in [-0.15, -0.1) is 11.6 Å². The molecule has 1 saturated carbocycles. The molecule has 110 valence electrons. The molecule has 1 amide bonds. The molecule has 1 aliphatic rings. The van der Waals surface area contributed by atoms with Gasteiger partial charge in [-0.2, -0.15) is 0 Å². The summed E-state index contributed by atoms with van der Waals surface area (Å²) in [5, 5.41) is 3.10. The van der Waals surface area contributed by atoms with Crippen molar-refractivity contribution in [2.45, 2.75) is 44.6 Å². The van der Waals surface area contributed by atoms with E-state index < -0.39 is 0 Å². The first-order valence-corrected chi connectivity index (χ1v) is 7.68. The van der Waals surface area contributed by atoms with Crippen LogP contribution in [0, 0.1) is 11.7 Å². The van der Waals surface area contributed by atoms with E-state index in [0.29, 0.717) is 11.8 Å². The minimum atomic E-state index is -0.285. The maximum absolute atomic E-state index is 12.8. The fourth-order valence-electron chi connectivity index (χ4n) is 2.73. The Morgan fingerprint density at radius 1 is 1.35 bits per heavy atom. The van der Waals surface area contributed by atoms with Crippen LogP contribution in [-0.4, -0.2) is 17.3 Å². The largest absolute Gasteiger partial charge is 0.349 e. The second-order valence-electron chi connectivity index (χ2n) is 5.95. The van der Waals surface area contributed by atoms with Crippen LogP contribution in [0.15, 0.2) is 24.3 Å². The van der Waals surface area contributed by atoms with E-state index in [1.807, 2.05) is 0 Å². The van der Waals surface area contributed by atoms with Gasteiger partial charge in [0.25, 0.3) is 0 Å². The highest BCUT2D eigenvalue weighted by molar-refractivity contribution is 6.18. The molecule has 1 N–H and O–H groups in total. The second-order valence-corrected chi connectivity index (χ2v) is 6.22. The molecule has 0 heterocycles. The smallest absolute Gasteiger partial charge is 0.224 e. The van der Waals surface area contributed by atoms with Crippen LogP contribution in [0.5, 0.6) is 0 Å².